The highest BCUT2D eigenvalue weighted by molar-refractivity contribution is 5.59. The molecule has 4 heteroatoms. The number of aromatic nitrogens is 3. The van der Waals surface area contributed by atoms with Crippen molar-refractivity contribution < 1.29 is 0 Å². The fraction of sp³-hybridized carbons (Fsp3) is 0.529. The molecule has 1 atom stereocenters. The van der Waals surface area contributed by atoms with Gasteiger partial charge in [0.25, 0.3) is 0 Å². The maximum absolute atomic E-state index is 5.69. The van der Waals surface area contributed by atoms with Gasteiger partial charge >= 0.3 is 0 Å². The summed E-state index contributed by atoms with van der Waals surface area (Å²) in [4.78, 5) is 8.60. The molecule has 1 fully saturated rings. The van der Waals surface area contributed by atoms with Crippen LogP contribution >= 0.6 is 0 Å². The number of nitrogens with two attached hydrogens (primary N) is 1. The van der Waals surface area contributed by atoms with E-state index in [4.69, 9.17) is 5.73 Å². The smallest absolute Gasteiger partial charge is 0.123 e. The van der Waals surface area contributed by atoms with Crippen LogP contribution in [0.3, 0.4) is 0 Å². The molecule has 0 aromatic carbocycles. The van der Waals surface area contributed by atoms with Crippen LogP contribution in [0, 0.1) is 5.92 Å². The van der Waals surface area contributed by atoms with Crippen molar-refractivity contribution in [2.45, 2.75) is 51.5 Å². The molecule has 4 nitrogen and oxygen atoms in total. The predicted octanol–water partition coefficient (Wildman–Crippen LogP) is 4.06. The lowest BCUT2D eigenvalue weighted by molar-refractivity contribution is 0.244. The van der Waals surface area contributed by atoms with Gasteiger partial charge in [0.1, 0.15) is 5.82 Å². The molecule has 1 unspecified atom stereocenters. The molecule has 1 aliphatic rings. The molecule has 0 amide bonds. The number of anilines is 1. The molecule has 0 bridgehead atoms. The Balaban J connectivity index is 1.91. The van der Waals surface area contributed by atoms with E-state index in [9.17, 15) is 0 Å². The van der Waals surface area contributed by atoms with Crippen LogP contribution in [0.1, 0.15) is 51.5 Å². The van der Waals surface area contributed by atoms with Gasteiger partial charge in [0.15, 0.2) is 0 Å². The van der Waals surface area contributed by atoms with E-state index in [-0.39, 0.29) is 0 Å². The fourth-order valence-electron chi connectivity index (χ4n) is 3.63. The van der Waals surface area contributed by atoms with E-state index in [1.807, 2.05) is 30.9 Å². The predicted molar refractivity (Wildman–Crippen MR) is 85.8 cm³/mol. The first-order valence-corrected chi connectivity index (χ1v) is 8.03. The highest BCUT2D eigenvalue weighted by Crippen LogP contribution is 2.37. The van der Waals surface area contributed by atoms with E-state index < -0.39 is 0 Å². The van der Waals surface area contributed by atoms with Gasteiger partial charge < -0.3 is 10.3 Å². The molecular weight excluding hydrogens is 260 g/mol. The summed E-state index contributed by atoms with van der Waals surface area (Å²) in [5.41, 5.74) is 7.93. The lowest BCUT2D eigenvalue weighted by Crippen LogP contribution is -2.21. The molecule has 21 heavy (non-hydrogen) atoms. The number of hydrogen-bond acceptors (Lipinski definition) is 3. The quantitative estimate of drug-likeness (QED) is 0.921. The Hall–Kier alpha value is -1.84. The molecule has 0 aliphatic heterocycles. The molecule has 2 heterocycles. The van der Waals surface area contributed by atoms with Crippen molar-refractivity contribution in [1.29, 1.82) is 0 Å². The van der Waals surface area contributed by atoms with E-state index >= 15 is 0 Å². The Labute approximate surface area is 126 Å². The Morgan fingerprint density at radius 1 is 1.24 bits per heavy atom. The standard InChI is InChI=1S/C17H24N4/c1-2-15(13-6-4-3-5-7-13)21-12-19-11-16(21)14-8-9-17(18)20-10-14/h8-13,15H,2-7H2,1H3,(H2,18,20). The minimum Gasteiger partial charge on any atom is -0.384 e. The molecule has 2 aromatic rings. The minimum atomic E-state index is 0.542. The maximum Gasteiger partial charge on any atom is 0.123 e. The molecular formula is C17H24N4. The molecule has 0 radical (unpaired) electrons. The van der Waals surface area contributed by atoms with Crippen molar-refractivity contribution in [3.63, 3.8) is 0 Å². The van der Waals surface area contributed by atoms with Crippen LogP contribution in [0.2, 0.25) is 0 Å². The topological polar surface area (TPSA) is 56.7 Å². The maximum atomic E-state index is 5.69. The van der Waals surface area contributed by atoms with E-state index in [1.54, 1.807) is 0 Å². The Morgan fingerprint density at radius 2 is 2.05 bits per heavy atom. The normalized spacial score (nSPS) is 17.8. The summed E-state index contributed by atoms with van der Waals surface area (Å²) in [6.45, 7) is 2.28. The third-order valence-corrected chi connectivity index (χ3v) is 4.72. The number of imidazole rings is 1. The average Bonchev–Trinajstić information content (AvgIpc) is 2.99. The van der Waals surface area contributed by atoms with E-state index in [0.29, 0.717) is 11.9 Å². The fourth-order valence-corrected chi connectivity index (χ4v) is 3.63. The number of nitrogens with zero attached hydrogens (tertiary/aromatic N) is 3. The van der Waals surface area contributed by atoms with Gasteiger partial charge in [0.05, 0.1) is 18.2 Å². The monoisotopic (exact) mass is 284 g/mol. The van der Waals surface area contributed by atoms with Gasteiger partial charge in [-0.05, 0) is 37.3 Å². The van der Waals surface area contributed by atoms with Gasteiger partial charge in [0, 0.05) is 17.8 Å². The van der Waals surface area contributed by atoms with Crippen molar-refractivity contribution in [2.75, 3.05) is 5.73 Å². The zero-order chi connectivity index (χ0) is 14.7. The zero-order valence-electron chi connectivity index (χ0n) is 12.7. The summed E-state index contributed by atoms with van der Waals surface area (Å²) in [6, 6.07) is 4.43. The molecule has 112 valence electrons. The van der Waals surface area contributed by atoms with E-state index in [2.05, 4.69) is 21.5 Å². The van der Waals surface area contributed by atoms with Crippen LogP contribution in [0.25, 0.3) is 11.3 Å². The average molecular weight is 284 g/mol. The summed E-state index contributed by atoms with van der Waals surface area (Å²) in [6.07, 6.45) is 13.7. The Morgan fingerprint density at radius 3 is 2.71 bits per heavy atom. The summed E-state index contributed by atoms with van der Waals surface area (Å²) < 4.78 is 2.35. The Kier molecular flexibility index (Phi) is 4.23. The first-order chi connectivity index (χ1) is 10.3. The number of nitrogen functional groups attached to an aromatic ring is 1. The van der Waals surface area contributed by atoms with Crippen LogP contribution in [0.5, 0.6) is 0 Å². The van der Waals surface area contributed by atoms with Crippen molar-refractivity contribution in [3.8, 4) is 11.3 Å². The second-order valence-electron chi connectivity index (χ2n) is 6.03. The first-order valence-electron chi connectivity index (χ1n) is 8.03. The van der Waals surface area contributed by atoms with Gasteiger partial charge in [-0.2, -0.15) is 0 Å². The second kappa shape index (κ2) is 6.29. The molecule has 1 aliphatic carbocycles. The van der Waals surface area contributed by atoms with Gasteiger partial charge in [-0.25, -0.2) is 9.97 Å². The molecule has 0 spiro atoms. The molecule has 2 aromatic heterocycles. The summed E-state index contributed by atoms with van der Waals surface area (Å²) in [5, 5.41) is 0. The van der Waals surface area contributed by atoms with Gasteiger partial charge in [-0.3, -0.25) is 0 Å². The molecule has 3 rings (SSSR count). The Bertz CT molecular complexity index is 567. The number of pyridine rings is 1. The zero-order valence-corrected chi connectivity index (χ0v) is 12.7. The van der Waals surface area contributed by atoms with Gasteiger partial charge in [-0.15, -0.1) is 0 Å². The van der Waals surface area contributed by atoms with E-state index in [1.165, 1.54) is 32.1 Å². The number of rotatable bonds is 4. The lowest BCUT2D eigenvalue weighted by Gasteiger charge is -2.31. The summed E-state index contributed by atoms with van der Waals surface area (Å²) in [7, 11) is 0. The third kappa shape index (κ3) is 2.94. The minimum absolute atomic E-state index is 0.542. The van der Waals surface area contributed by atoms with Crippen LogP contribution in [0.4, 0.5) is 5.82 Å². The van der Waals surface area contributed by atoms with Crippen molar-refractivity contribution in [1.82, 2.24) is 14.5 Å². The van der Waals surface area contributed by atoms with Crippen molar-refractivity contribution >= 4 is 5.82 Å². The van der Waals surface area contributed by atoms with Crippen LogP contribution in [-0.2, 0) is 0 Å². The lowest BCUT2D eigenvalue weighted by atomic mass is 9.82. The summed E-state index contributed by atoms with van der Waals surface area (Å²) >= 11 is 0. The summed E-state index contributed by atoms with van der Waals surface area (Å²) in [5.74, 6) is 1.34. The molecule has 0 saturated heterocycles. The van der Waals surface area contributed by atoms with Crippen LogP contribution < -0.4 is 5.73 Å². The third-order valence-electron chi connectivity index (χ3n) is 4.72. The van der Waals surface area contributed by atoms with Crippen LogP contribution in [0.15, 0.2) is 30.9 Å². The van der Waals surface area contributed by atoms with E-state index in [0.717, 1.165) is 23.6 Å². The highest BCUT2D eigenvalue weighted by atomic mass is 15.1. The van der Waals surface area contributed by atoms with Gasteiger partial charge in [0.2, 0.25) is 0 Å². The van der Waals surface area contributed by atoms with Crippen molar-refractivity contribution in [2.24, 2.45) is 5.92 Å². The van der Waals surface area contributed by atoms with Crippen LogP contribution in [-0.4, -0.2) is 14.5 Å². The number of hydrogen-bond donors (Lipinski definition) is 1. The largest absolute Gasteiger partial charge is 0.384 e. The first kappa shape index (κ1) is 14.1. The van der Waals surface area contributed by atoms with Gasteiger partial charge in [-0.1, -0.05) is 26.2 Å². The molecule has 1 saturated carbocycles. The molecule has 2 N–H and O–H groups in total. The SMILES string of the molecule is CCC(C1CCCCC1)n1cncc1-c1ccc(N)nc1. The van der Waals surface area contributed by atoms with Crippen molar-refractivity contribution in [3.05, 3.63) is 30.9 Å². The highest BCUT2D eigenvalue weighted by Gasteiger charge is 2.25. The second-order valence-corrected chi connectivity index (χ2v) is 6.03.